The van der Waals surface area contributed by atoms with Crippen LogP contribution >= 0.6 is 7.26 Å². The molecule has 4 aromatic carbocycles. The van der Waals surface area contributed by atoms with Gasteiger partial charge in [-0.2, -0.15) is 0 Å². The van der Waals surface area contributed by atoms with E-state index in [-0.39, 0.29) is 13.2 Å². The molecule has 0 aromatic heterocycles. The first kappa shape index (κ1) is 25.0. The SMILES string of the molecule is CCOC(=O)/N=N/C(=O)OCc1ccc([P+](c2ccccc2)(c2ccccc2)c2ccccc2)cc1. The van der Waals surface area contributed by atoms with Gasteiger partial charge in [0, 0.05) is 0 Å². The molecule has 0 unspecified atom stereocenters. The standard InChI is InChI=1S/C29H26N2O4P/c1-2-34-28(32)30-31-29(33)35-22-23-18-20-27(21-19-23)36(24-12-6-3-7-13-24,25-14-8-4-9-15-25)26-16-10-5-11-17-26/h3-21H,2,22H2,1H3/q+1/b31-30+. The Balaban J connectivity index is 1.69. The summed E-state index contributed by atoms with van der Waals surface area (Å²) < 4.78 is 9.74. The van der Waals surface area contributed by atoms with E-state index < -0.39 is 19.4 Å². The van der Waals surface area contributed by atoms with Crippen LogP contribution in [0.4, 0.5) is 9.59 Å². The maximum absolute atomic E-state index is 11.8. The Morgan fingerprint density at radius 1 is 0.583 bits per heavy atom. The number of hydrogen-bond acceptors (Lipinski definition) is 4. The number of ether oxygens (including phenoxy) is 2. The minimum absolute atomic E-state index is 0.00835. The number of carbonyl (C=O) groups is 2. The number of amides is 2. The molecule has 180 valence electrons. The summed E-state index contributed by atoms with van der Waals surface area (Å²) in [6.07, 6.45) is -1.88. The van der Waals surface area contributed by atoms with Gasteiger partial charge in [0.15, 0.2) is 0 Å². The summed E-state index contributed by atoms with van der Waals surface area (Å²) in [6, 6.07) is 39.8. The number of benzene rings is 4. The highest BCUT2D eigenvalue weighted by Gasteiger charge is 2.47. The predicted molar refractivity (Wildman–Crippen MR) is 143 cm³/mol. The largest absolute Gasteiger partial charge is 0.452 e. The normalized spacial score (nSPS) is 11.2. The molecule has 0 N–H and O–H groups in total. The lowest BCUT2D eigenvalue weighted by atomic mass is 10.2. The Bertz CT molecular complexity index is 1220. The number of carbonyl (C=O) groups excluding carboxylic acids is 2. The van der Waals surface area contributed by atoms with Crippen LogP contribution in [0.1, 0.15) is 12.5 Å². The van der Waals surface area contributed by atoms with Gasteiger partial charge in [0.05, 0.1) is 6.61 Å². The zero-order chi connectivity index (χ0) is 25.2. The first-order valence-corrected chi connectivity index (χ1v) is 13.3. The fourth-order valence-corrected chi connectivity index (χ4v) is 8.32. The third-order valence-electron chi connectivity index (χ3n) is 5.60. The molecule has 36 heavy (non-hydrogen) atoms. The lowest BCUT2D eigenvalue weighted by molar-refractivity contribution is 0.144. The molecule has 7 heteroatoms. The minimum Gasteiger partial charge on any atom is -0.447 e. The summed E-state index contributed by atoms with van der Waals surface area (Å²) >= 11 is 0. The van der Waals surface area contributed by atoms with Crippen LogP contribution in [0.15, 0.2) is 125 Å². The highest BCUT2D eigenvalue weighted by Crippen LogP contribution is 2.54. The summed E-state index contributed by atoms with van der Waals surface area (Å²) in [6.45, 7) is 1.80. The maximum atomic E-state index is 11.8. The van der Waals surface area contributed by atoms with E-state index in [4.69, 9.17) is 4.74 Å². The zero-order valence-electron chi connectivity index (χ0n) is 19.9. The van der Waals surface area contributed by atoms with Gasteiger partial charge < -0.3 is 9.47 Å². The molecule has 4 aromatic rings. The molecule has 0 fully saturated rings. The Hall–Kier alpha value is -4.15. The summed E-state index contributed by atoms with van der Waals surface area (Å²) in [5.74, 6) is 0. The van der Waals surface area contributed by atoms with Crippen LogP contribution in [0.3, 0.4) is 0 Å². The van der Waals surface area contributed by atoms with Gasteiger partial charge in [-0.25, -0.2) is 9.59 Å². The molecule has 4 rings (SSSR count). The lowest BCUT2D eigenvalue weighted by Crippen LogP contribution is -2.38. The van der Waals surface area contributed by atoms with Crippen LogP contribution < -0.4 is 21.2 Å². The second-order valence-electron chi connectivity index (χ2n) is 7.80. The fourth-order valence-electron chi connectivity index (χ4n) is 4.07. The van der Waals surface area contributed by atoms with Crippen LogP contribution in [0.2, 0.25) is 0 Å². The highest BCUT2D eigenvalue weighted by atomic mass is 31.2. The van der Waals surface area contributed by atoms with Gasteiger partial charge in [-0.05, 0) is 61.0 Å². The van der Waals surface area contributed by atoms with E-state index in [1.165, 1.54) is 21.2 Å². The number of azo groups is 1. The van der Waals surface area contributed by atoms with Gasteiger partial charge in [0.25, 0.3) is 0 Å². The quantitative estimate of drug-likeness (QED) is 0.248. The molecule has 0 saturated heterocycles. The van der Waals surface area contributed by atoms with Crippen LogP contribution in [-0.2, 0) is 16.1 Å². The van der Waals surface area contributed by atoms with Gasteiger partial charge >= 0.3 is 12.2 Å². The van der Waals surface area contributed by atoms with E-state index in [0.29, 0.717) is 0 Å². The first-order chi connectivity index (χ1) is 17.6. The van der Waals surface area contributed by atoms with Crippen molar-refractivity contribution in [1.29, 1.82) is 0 Å². The third kappa shape index (κ3) is 5.56. The molecule has 0 saturated carbocycles. The monoisotopic (exact) mass is 497 g/mol. The molecule has 0 aliphatic carbocycles. The number of nitrogens with zero attached hydrogens (tertiary/aromatic N) is 2. The van der Waals surface area contributed by atoms with Gasteiger partial charge in [-0.15, -0.1) is 0 Å². The van der Waals surface area contributed by atoms with Gasteiger partial charge in [0.1, 0.15) is 35.1 Å². The van der Waals surface area contributed by atoms with Crippen molar-refractivity contribution in [3.8, 4) is 0 Å². The Kier molecular flexibility index (Phi) is 8.32. The smallest absolute Gasteiger partial charge is 0.447 e. The fraction of sp³-hybridized carbons (Fsp3) is 0.103. The van der Waals surface area contributed by atoms with Crippen molar-refractivity contribution in [3.05, 3.63) is 121 Å². The van der Waals surface area contributed by atoms with Gasteiger partial charge in [0.2, 0.25) is 0 Å². The predicted octanol–water partition coefficient (Wildman–Crippen LogP) is 5.55. The van der Waals surface area contributed by atoms with Gasteiger partial charge in [-0.3, -0.25) is 0 Å². The molecular weight excluding hydrogens is 471 g/mol. The van der Waals surface area contributed by atoms with Crippen molar-refractivity contribution in [2.45, 2.75) is 13.5 Å². The van der Waals surface area contributed by atoms with E-state index in [1.54, 1.807) is 6.92 Å². The molecule has 0 aliphatic heterocycles. The van der Waals surface area contributed by atoms with E-state index in [0.717, 1.165) is 5.56 Å². The average Bonchev–Trinajstić information content (AvgIpc) is 2.94. The van der Waals surface area contributed by atoms with Crippen LogP contribution in [-0.4, -0.2) is 18.8 Å². The Labute approximate surface area is 211 Å². The summed E-state index contributed by atoms with van der Waals surface area (Å²) in [7, 11) is -2.18. The molecule has 0 aliphatic rings. The number of rotatable bonds is 7. The summed E-state index contributed by atoms with van der Waals surface area (Å²) in [5.41, 5.74) is 0.797. The molecule has 2 amide bonds. The lowest BCUT2D eigenvalue weighted by Gasteiger charge is -2.27. The topological polar surface area (TPSA) is 77.3 Å². The second kappa shape index (κ2) is 12.0. The third-order valence-corrected chi connectivity index (χ3v) is 9.89. The van der Waals surface area contributed by atoms with E-state index in [9.17, 15) is 9.59 Å². The molecule has 6 nitrogen and oxygen atoms in total. The van der Waals surface area contributed by atoms with E-state index in [1.807, 2.05) is 30.3 Å². The highest BCUT2D eigenvalue weighted by molar-refractivity contribution is 8.01. The number of hydrogen-bond donors (Lipinski definition) is 0. The first-order valence-electron chi connectivity index (χ1n) is 11.5. The Morgan fingerprint density at radius 2 is 0.972 bits per heavy atom. The summed E-state index contributed by atoms with van der Waals surface area (Å²) in [4.78, 5) is 23.0. The molecule has 0 atom stereocenters. The van der Waals surface area contributed by atoms with Gasteiger partial charge in [-0.1, -0.05) is 77.0 Å². The van der Waals surface area contributed by atoms with Crippen molar-refractivity contribution < 1.29 is 19.1 Å². The molecule has 0 heterocycles. The summed E-state index contributed by atoms with van der Waals surface area (Å²) in [5, 5.41) is 11.3. The van der Waals surface area contributed by atoms with Crippen LogP contribution in [0.25, 0.3) is 0 Å². The van der Waals surface area contributed by atoms with Crippen molar-refractivity contribution in [2.24, 2.45) is 10.2 Å². The average molecular weight is 498 g/mol. The molecule has 0 radical (unpaired) electrons. The van der Waals surface area contributed by atoms with Crippen molar-refractivity contribution >= 4 is 40.7 Å². The zero-order valence-corrected chi connectivity index (χ0v) is 20.8. The van der Waals surface area contributed by atoms with E-state index >= 15 is 0 Å². The molecule has 0 spiro atoms. The second-order valence-corrected chi connectivity index (χ2v) is 11.2. The van der Waals surface area contributed by atoms with Crippen molar-refractivity contribution in [3.63, 3.8) is 0 Å². The minimum atomic E-state index is -2.18. The van der Waals surface area contributed by atoms with Crippen molar-refractivity contribution in [1.82, 2.24) is 0 Å². The molecular formula is C29H26N2O4P+. The van der Waals surface area contributed by atoms with Crippen molar-refractivity contribution in [2.75, 3.05) is 6.61 Å². The Morgan fingerprint density at radius 3 is 1.39 bits per heavy atom. The van der Waals surface area contributed by atoms with E-state index in [2.05, 4.69) is 99.9 Å². The molecule has 0 bridgehead atoms. The van der Waals surface area contributed by atoms with Crippen LogP contribution in [0.5, 0.6) is 0 Å². The maximum Gasteiger partial charge on any atom is 0.452 e. The van der Waals surface area contributed by atoms with Crippen LogP contribution in [0, 0.1) is 0 Å².